The van der Waals surface area contributed by atoms with Crippen LogP contribution in [0.4, 0.5) is 0 Å². The molecule has 0 aliphatic rings. The van der Waals surface area contributed by atoms with Gasteiger partial charge in [0.05, 0.1) is 8.80 Å². The van der Waals surface area contributed by atoms with Crippen molar-refractivity contribution in [1.82, 2.24) is 0 Å². The summed E-state index contributed by atoms with van der Waals surface area (Å²) >= 11 is 11.4. The summed E-state index contributed by atoms with van der Waals surface area (Å²) in [6.45, 7) is 4.23. The summed E-state index contributed by atoms with van der Waals surface area (Å²) in [6.07, 6.45) is 0. The standard InChI is InChI=1S/C9H10Cl2OSi/c1-13(2)8-6(9(11)12)4-3-5-7(8)10/h3-5,13H,1-2H3. The van der Waals surface area contributed by atoms with Crippen LogP contribution in [0.1, 0.15) is 10.4 Å². The second kappa shape index (κ2) is 4.27. The fraction of sp³-hybridized carbons (Fsp3) is 0.222. The van der Waals surface area contributed by atoms with Gasteiger partial charge in [0.15, 0.2) is 0 Å². The Labute approximate surface area is 89.3 Å². The SMILES string of the molecule is C[SiH](C)c1c(Cl)cccc1C(=O)Cl. The normalized spacial score (nSPS) is 10.5. The van der Waals surface area contributed by atoms with Gasteiger partial charge in [-0.25, -0.2) is 0 Å². The third kappa shape index (κ3) is 2.33. The first-order chi connectivity index (χ1) is 6.04. The highest BCUT2D eigenvalue weighted by Crippen LogP contribution is 2.12. The number of carbonyl (C=O) groups is 1. The fourth-order valence-corrected chi connectivity index (χ4v) is 3.88. The van der Waals surface area contributed by atoms with Crippen LogP contribution < -0.4 is 5.19 Å². The zero-order valence-corrected chi connectivity index (χ0v) is 10.1. The molecule has 0 bridgehead atoms. The average molecular weight is 233 g/mol. The molecule has 1 nitrogen and oxygen atoms in total. The summed E-state index contributed by atoms with van der Waals surface area (Å²) in [6, 6.07) is 5.27. The van der Waals surface area contributed by atoms with Crippen molar-refractivity contribution in [1.29, 1.82) is 0 Å². The summed E-state index contributed by atoms with van der Waals surface area (Å²) < 4.78 is 0. The van der Waals surface area contributed by atoms with Crippen molar-refractivity contribution < 1.29 is 4.79 Å². The molecule has 0 heterocycles. The van der Waals surface area contributed by atoms with Crippen LogP contribution in [0.15, 0.2) is 18.2 Å². The Balaban J connectivity index is 3.34. The third-order valence-electron chi connectivity index (χ3n) is 1.84. The first kappa shape index (κ1) is 10.8. The monoisotopic (exact) mass is 232 g/mol. The second-order valence-electron chi connectivity index (χ2n) is 3.13. The van der Waals surface area contributed by atoms with E-state index in [4.69, 9.17) is 23.2 Å². The lowest BCUT2D eigenvalue weighted by atomic mass is 10.2. The number of halogens is 2. The smallest absolute Gasteiger partial charge is 0.252 e. The van der Waals surface area contributed by atoms with Crippen molar-refractivity contribution in [2.45, 2.75) is 13.1 Å². The van der Waals surface area contributed by atoms with Crippen molar-refractivity contribution in [3.63, 3.8) is 0 Å². The molecule has 0 N–H and O–H groups in total. The summed E-state index contributed by atoms with van der Waals surface area (Å²) in [5, 5.41) is 1.20. The highest BCUT2D eigenvalue weighted by molar-refractivity contribution is 6.78. The second-order valence-corrected chi connectivity index (χ2v) is 6.77. The van der Waals surface area contributed by atoms with E-state index >= 15 is 0 Å². The van der Waals surface area contributed by atoms with E-state index in [0.29, 0.717) is 10.6 Å². The molecule has 0 radical (unpaired) electrons. The topological polar surface area (TPSA) is 17.1 Å². The van der Waals surface area contributed by atoms with Gasteiger partial charge in [0.25, 0.3) is 5.24 Å². The number of rotatable bonds is 2. The lowest BCUT2D eigenvalue weighted by molar-refractivity contribution is 0.108. The maximum absolute atomic E-state index is 11.1. The van der Waals surface area contributed by atoms with E-state index in [1.807, 2.05) is 0 Å². The molecule has 1 rings (SSSR count). The summed E-state index contributed by atoms with van der Waals surface area (Å²) in [5.41, 5.74) is 0.566. The molecule has 0 aliphatic carbocycles. The van der Waals surface area contributed by atoms with Crippen molar-refractivity contribution in [3.8, 4) is 0 Å². The van der Waals surface area contributed by atoms with E-state index < -0.39 is 14.0 Å². The molecule has 0 atom stereocenters. The minimum atomic E-state index is -1.10. The molecule has 0 unspecified atom stereocenters. The van der Waals surface area contributed by atoms with Crippen molar-refractivity contribution in [2.24, 2.45) is 0 Å². The summed E-state index contributed by atoms with van der Waals surface area (Å²) in [4.78, 5) is 11.1. The zero-order chi connectivity index (χ0) is 10.0. The average Bonchev–Trinajstić information content (AvgIpc) is 2.02. The van der Waals surface area contributed by atoms with E-state index in [0.717, 1.165) is 5.19 Å². The fourth-order valence-electron chi connectivity index (χ4n) is 1.30. The van der Waals surface area contributed by atoms with Crippen LogP contribution in [0, 0.1) is 0 Å². The van der Waals surface area contributed by atoms with Crippen molar-refractivity contribution in [3.05, 3.63) is 28.8 Å². The molecule has 4 heteroatoms. The molecule has 0 fully saturated rings. The molecular weight excluding hydrogens is 223 g/mol. The molecule has 13 heavy (non-hydrogen) atoms. The van der Waals surface area contributed by atoms with Crippen molar-refractivity contribution >= 4 is 42.4 Å². The van der Waals surface area contributed by atoms with Gasteiger partial charge in [-0.15, -0.1) is 0 Å². The van der Waals surface area contributed by atoms with E-state index in [9.17, 15) is 4.79 Å². The summed E-state index contributed by atoms with van der Waals surface area (Å²) in [5.74, 6) is 0. The number of carbonyl (C=O) groups excluding carboxylic acids is 1. The van der Waals surface area contributed by atoms with Gasteiger partial charge < -0.3 is 0 Å². The zero-order valence-electron chi connectivity index (χ0n) is 7.47. The van der Waals surface area contributed by atoms with Gasteiger partial charge in [-0.1, -0.05) is 36.8 Å². The minimum Gasteiger partial charge on any atom is -0.276 e. The molecule has 0 amide bonds. The minimum absolute atomic E-state index is 0.418. The maximum Gasteiger partial charge on any atom is 0.252 e. The highest BCUT2D eigenvalue weighted by Gasteiger charge is 2.15. The largest absolute Gasteiger partial charge is 0.276 e. The van der Waals surface area contributed by atoms with Crippen LogP contribution in [-0.2, 0) is 0 Å². The van der Waals surface area contributed by atoms with E-state index in [2.05, 4.69) is 13.1 Å². The number of hydrogen-bond acceptors (Lipinski definition) is 1. The van der Waals surface area contributed by atoms with Crippen LogP contribution in [0.5, 0.6) is 0 Å². The molecule has 0 aromatic heterocycles. The van der Waals surface area contributed by atoms with Gasteiger partial charge in [0.1, 0.15) is 0 Å². The quantitative estimate of drug-likeness (QED) is 0.566. The Kier molecular flexibility index (Phi) is 3.53. The Morgan fingerprint density at radius 2 is 2.00 bits per heavy atom. The molecule has 0 saturated carbocycles. The van der Waals surface area contributed by atoms with Crippen LogP contribution in [0.25, 0.3) is 0 Å². The third-order valence-corrected chi connectivity index (χ3v) is 4.33. The van der Waals surface area contributed by atoms with Gasteiger partial charge in [-0.05, 0) is 22.9 Å². The molecule has 0 aliphatic heterocycles. The molecule has 1 aromatic rings. The molecular formula is C9H10Cl2OSi. The molecule has 0 saturated heterocycles. The predicted molar refractivity (Wildman–Crippen MR) is 60.1 cm³/mol. The maximum atomic E-state index is 11.1. The van der Waals surface area contributed by atoms with Gasteiger partial charge in [-0.3, -0.25) is 4.79 Å². The van der Waals surface area contributed by atoms with Crippen LogP contribution in [-0.4, -0.2) is 14.0 Å². The van der Waals surface area contributed by atoms with Gasteiger partial charge in [0, 0.05) is 10.6 Å². The first-order valence-electron chi connectivity index (χ1n) is 4.02. The Hall–Kier alpha value is -0.313. The van der Waals surface area contributed by atoms with E-state index in [1.165, 1.54) is 0 Å². The van der Waals surface area contributed by atoms with E-state index in [1.54, 1.807) is 18.2 Å². The Morgan fingerprint density at radius 1 is 1.38 bits per heavy atom. The van der Waals surface area contributed by atoms with Crippen molar-refractivity contribution in [2.75, 3.05) is 0 Å². The lowest BCUT2D eigenvalue weighted by Crippen LogP contribution is -2.29. The lowest BCUT2D eigenvalue weighted by Gasteiger charge is -2.10. The van der Waals surface area contributed by atoms with Gasteiger partial charge in [-0.2, -0.15) is 0 Å². The van der Waals surface area contributed by atoms with Crippen LogP contribution in [0.2, 0.25) is 18.1 Å². The van der Waals surface area contributed by atoms with Gasteiger partial charge in [0.2, 0.25) is 0 Å². The van der Waals surface area contributed by atoms with Gasteiger partial charge >= 0.3 is 0 Å². The summed E-state index contributed by atoms with van der Waals surface area (Å²) in [7, 11) is -1.10. The van der Waals surface area contributed by atoms with Crippen LogP contribution in [0.3, 0.4) is 0 Å². The van der Waals surface area contributed by atoms with Crippen LogP contribution >= 0.6 is 23.2 Å². The molecule has 70 valence electrons. The Bertz CT molecular complexity index is 336. The highest BCUT2D eigenvalue weighted by atomic mass is 35.5. The number of hydrogen-bond donors (Lipinski definition) is 0. The molecule has 1 aromatic carbocycles. The number of benzene rings is 1. The Morgan fingerprint density at radius 3 is 2.38 bits per heavy atom. The first-order valence-corrected chi connectivity index (χ1v) is 7.66. The van der Waals surface area contributed by atoms with E-state index in [-0.39, 0.29) is 0 Å². The predicted octanol–water partition coefficient (Wildman–Crippen LogP) is 2.41. The molecule has 0 spiro atoms.